The molecule has 0 spiro atoms. The number of amides is 1. The number of nitrogens with zero attached hydrogens (tertiary/aromatic N) is 2. The number of thiazole rings is 1. The Morgan fingerprint density at radius 2 is 1.67 bits per heavy atom. The van der Waals surface area contributed by atoms with Gasteiger partial charge in [0, 0.05) is 12.8 Å². The molecule has 0 aliphatic rings. The van der Waals surface area contributed by atoms with Crippen LogP contribution in [0.4, 0.5) is 0 Å². The van der Waals surface area contributed by atoms with Gasteiger partial charge >= 0.3 is 0 Å². The fourth-order valence-electron chi connectivity index (χ4n) is 2.94. The smallest absolute Gasteiger partial charge is 0.263 e. The lowest BCUT2D eigenvalue weighted by Crippen LogP contribution is -2.21. The first-order valence-corrected chi connectivity index (χ1v) is 13.6. The van der Waals surface area contributed by atoms with Crippen LogP contribution in [0, 0.1) is 6.92 Å². The molecule has 3 aromatic rings. The largest absolute Gasteiger partial charge is 0.316 e. The van der Waals surface area contributed by atoms with Crippen molar-refractivity contribution in [2.75, 3.05) is 12.0 Å². The number of sulfone groups is 2. The van der Waals surface area contributed by atoms with E-state index < -0.39 is 31.3 Å². The molecule has 1 amide bonds. The van der Waals surface area contributed by atoms with Gasteiger partial charge in [0.05, 0.1) is 20.0 Å². The van der Waals surface area contributed by atoms with Gasteiger partial charge in [0.15, 0.2) is 24.5 Å². The van der Waals surface area contributed by atoms with Gasteiger partial charge in [-0.1, -0.05) is 36.0 Å². The van der Waals surface area contributed by atoms with E-state index in [1.807, 2.05) is 18.4 Å². The molecule has 0 atom stereocenters. The molecule has 0 saturated carbocycles. The molecule has 0 unspecified atom stereocenters. The second-order valence-corrected chi connectivity index (χ2v) is 12.0. The fraction of sp³-hybridized carbons (Fsp3) is 0.300. The molecule has 0 radical (unpaired) electrons. The third-order valence-electron chi connectivity index (χ3n) is 4.44. The molecule has 0 aliphatic heterocycles. The van der Waals surface area contributed by atoms with Crippen LogP contribution in [0.25, 0.3) is 10.2 Å². The summed E-state index contributed by atoms with van der Waals surface area (Å²) in [6.45, 7) is 4.38. The van der Waals surface area contributed by atoms with E-state index in [4.69, 9.17) is 0 Å². The maximum atomic E-state index is 12.5. The minimum absolute atomic E-state index is 0.0761. The van der Waals surface area contributed by atoms with Crippen LogP contribution in [0.5, 0.6) is 0 Å². The maximum Gasteiger partial charge on any atom is 0.263 e. The molecule has 160 valence electrons. The second kappa shape index (κ2) is 8.44. The zero-order valence-corrected chi connectivity index (χ0v) is 19.3. The Morgan fingerprint density at radius 1 is 1.03 bits per heavy atom. The molecule has 3 rings (SSSR count). The van der Waals surface area contributed by atoms with Gasteiger partial charge in [-0.15, -0.1) is 0 Å². The molecule has 0 bridgehead atoms. The van der Waals surface area contributed by atoms with E-state index >= 15 is 0 Å². The monoisotopic (exact) mass is 466 g/mol. The van der Waals surface area contributed by atoms with E-state index in [0.29, 0.717) is 16.0 Å². The highest BCUT2D eigenvalue weighted by Gasteiger charge is 2.19. The summed E-state index contributed by atoms with van der Waals surface area (Å²) < 4.78 is 51.2. The van der Waals surface area contributed by atoms with Gasteiger partial charge in [-0.05, 0) is 43.7 Å². The molecule has 7 nitrogen and oxygen atoms in total. The zero-order valence-electron chi connectivity index (χ0n) is 16.8. The van der Waals surface area contributed by atoms with E-state index in [0.717, 1.165) is 35.1 Å². The Balaban J connectivity index is 2.02. The van der Waals surface area contributed by atoms with Gasteiger partial charge in [-0.25, -0.2) is 16.8 Å². The molecular weight excluding hydrogens is 444 g/mol. The predicted octanol–water partition coefficient (Wildman–Crippen LogP) is 2.73. The minimum Gasteiger partial charge on any atom is -0.316 e. The van der Waals surface area contributed by atoms with Crippen LogP contribution in [-0.4, -0.2) is 39.3 Å². The van der Waals surface area contributed by atoms with Crippen LogP contribution in [0.3, 0.4) is 0 Å². The van der Waals surface area contributed by atoms with Gasteiger partial charge < -0.3 is 4.57 Å². The van der Waals surface area contributed by atoms with E-state index in [2.05, 4.69) is 4.99 Å². The van der Waals surface area contributed by atoms with Crippen molar-refractivity contribution >= 4 is 47.1 Å². The lowest BCUT2D eigenvalue weighted by molar-refractivity contribution is -0.115. The molecule has 2 aromatic carbocycles. The topological polar surface area (TPSA) is 103 Å². The molecule has 30 heavy (non-hydrogen) atoms. The number of carbonyl (C=O) groups is 1. The molecule has 0 aliphatic carbocycles. The summed E-state index contributed by atoms with van der Waals surface area (Å²) in [5.41, 5.74) is 1.67. The Bertz CT molecular complexity index is 1380. The number of carbonyl (C=O) groups excluding carboxylic acids is 1. The summed E-state index contributed by atoms with van der Waals surface area (Å²) >= 11 is 1.16. The van der Waals surface area contributed by atoms with Gasteiger partial charge in [0.1, 0.15) is 5.75 Å². The number of fused-ring (bicyclic) bond motifs is 1. The molecular formula is C20H22N2O5S3. The number of rotatable bonds is 6. The number of aromatic nitrogens is 1. The van der Waals surface area contributed by atoms with Crippen LogP contribution >= 0.6 is 11.3 Å². The standard InChI is InChI=1S/C20H22N2O5S3/c1-4-11-22-17-10-9-16(29(3,24)25)12-18(17)28-20(22)21-19(23)13-30(26,27)15-7-5-14(2)6-8-15/h5-10,12H,4,11,13H2,1-3H3. The number of benzene rings is 2. The van der Waals surface area contributed by atoms with Gasteiger partial charge in [-0.2, -0.15) is 4.99 Å². The van der Waals surface area contributed by atoms with Crippen molar-refractivity contribution in [2.45, 2.75) is 36.6 Å². The van der Waals surface area contributed by atoms with Crippen molar-refractivity contribution in [3.63, 3.8) is 0 Å². The van der Waals surface area contributed by atoms with Crippen molar-refractivity contribution in [1.29, 1.82) is 0 Å². The van der Waals surface area contributed by atoms with Crippen LogP contribution in [0.2, 0.25) is 0 Å². The normalized spacial score (nSPS) is 13.1. The first-order valence-electron chi connectivity index (χ1n) is 9.21. The quantitative estimate of drug-likeness (QED) is 0.556. The minimum atomic E-state index is -3.80. The SMILES string of the molecule is CCCn1c(=NC(=O)CS(=O)(=O)c2ccc(C)cc2)sc2cc(S(C)(=O)=O)ccc21. The van der Waals surface area contributed by atoms with Gasteiger partial charge in [-0.3, -0.25) is 4.79 Å². The lowest BCUT2D eigenvalue weighted by atomic mass is 10.2. The lowest BCUT2D eigenvalue weighted by Gasteiger charge is -2.04. The van der Waals surface area contributed by atoms with Crippen molar-refractivity contribution < 1.29 is 21.6 Å². The fourth-order valence-corrected chi connectivity index (χ4v) is 5.88. The van der Waals surface area contributed by atoms with Crippen molar-refractivity contribution in [2.24, 2.45) is 4.99 Å². The highest BCUT2D eigenvalue weighted by molar-refractivity contribution is 7.92. The van der Waals surface area contributed by atoms with Crippen LogP contribution in [0.15, 0.2) is 57.2 Å². The Kier molecular flexibility index (Phi) is 6.30. The van der Waals surface area contributed by atoms with E-state index in [1.54, 1.807) is 24.3 Å². The van der Waals surface area contributed by atoms with Crippen LogP contribution < -0.4 is 4.80 Å². The van der Waals surface area contributed by atoms with Crippen molar-refractivity contribution in [3.05, 3.63) is 52.8 Å². The Morgan fingerprint density at radius 3 is 2.27 bits per heavy atom. The molecule has 10 heteroatoms. The second-order valence-electron chi connectivity index (χ2n) is 7.02. The molecule has 0 saturated heterocycles. The first-order chi connectivity index (χ1) is 14.0. The summed E-state index contributed by atoms with van der Waals surface area (Å²) in [6.07, 6.45) is 1.90. The number of hydrogen-bond acceptors (Lipinski definition) is 6. The highest BCUT2D eigenvalue weighted by Crippen LogP contribution is 2.22. The molecule has 0 fully saturated rings. The van der Waals surface area contributed by atoms with Crippen molar-refractivity contribution in [1.82, 2.24) is 4.57 Å². The maximum absolute atomic E-state index is 12.5. The molecule has 0 N–H and O–H groups in total. The van der Waals surface area contributed by atoms with Gasteiger partial charge in [0.25, 0.3) is 5.91 Å². The number of aryl methyl sites for hydroxylation is 2. The van der Waals surface area contributed by atoms with Crippen LogP contribution in [0.1, 0.15) is 18.9 Å². The van der Waals surface area contributed by atoms with Crippen LogP contribution in [-0.2, 0) is 31.0 Å². The highest BCUT2D eigenvalue weighted by atomic mass is 32.2. The van der Waals surface area contributed by atoms with E-state index in [-0.39, 0.29) is 9.79 Å². The first kappa shape index (κ1) is 22.4. The number of hydrogen-bond donors (Lipinski definition) is 0. The summed E-state index contributed by atoms with van der Waals surface area (Å²) in [7, 11) is -7.18. The summed E-state index contributed by atoms with van der Waals surface area (Å²) in [4.78, 5) is 17.1. The Hall–Kier alpha value is -2.30. The summed E-state index contributed by atoms with van der Waals surface area (Å²) in [6, 6.07) is 11.1. The average Bonchev–Trinajstić information content (AvgIpc) is 2.97. The van der Waals surface area contributed by atoms with Gasteiger partial charge in [0.2, 0.25) is 0 Å². The predicted molar refractivity (Wildman–Crippen MR) is 117 cm³/mol. The average molecular weight is 467 g/mol. The molecule has 1 aromatic heterocycles. The zero-order chi connectivity index (χ0) is 22.1. The van der Waals surface area contributed by atoms with Crippen molar-refractivity contribution in [3.8, 4) is 0 Å². The van der Waals surface area contributed by atoms with E-state index in [9.17, 15) is 21.6 Å². The summed E-state index contributed by atoms with van der Waals surface area (Å²) in [5.74, 6) is -1.50. The Labute approximate surface area is 179 Å². The molecule has 1 heterocycles. The third kappa shape index (κ3) is 4.88. The third-order valence-corrected chi connectivity index (χ3v) is 8.21. The van der Waals surface area contributed by atoms with E-state index in [1.165, 1.54) is 18.2 Å². The summed E-state index contributed by atoms with van der Waals surface area (Å²) in [5, 5.41) is 0.